The molecule has 130 valence electrons. The topological polar surface area (TPSA) is 0 Å². The SMILES string of the molecule is CC1(C)Cc2cc3c(cc2C1)CC=C3.c1ccc(-c2ccccc2)cc1. The third-order valence-electron chi connectivity index (χ3n) is 5.32. The smallest absolute Gasteiger partial charge is 0.00881 e. The molecule has 0 nitrogen and oxygen atoms in total. The zero-order chi connectivity index (χ0) is 18.0. The Morgan fingerprint density at radius 1 is 0.654 bits per heavy atom. The zero-order valence-corrected chi connectivity index (χ0v) is 15.7. The van der Waals surface area contributed by atoms with E-state index in [1.165, 1.54) is 35.1 Å². The van der Waals surface area contributed by atoms with Gasteiger partial charge in [-0.25, -0.2) is 0 Å². The van der Waals surface area contributed by atoms with Crippen molar-refractivity contribution in [2.24, 2.45) is 5.41 Å². The van der Waals surface area contributed by atoms with Gasteiger partial charge in [0.15, 0.2) is 0 Å². The summed E-state index contributed by atoms with van der Waals surface area (Å²) < 4.78 is 0. The highest BCUT2D eigenvalue weighted by Gasteiger charge is 2.29. The third-order valence-corrected chi connectivity index (χ3v) is 5.32. The maximum atomic E-state index is 2.43. The normalized spacial score (nSPS) is 15.8. The lowest BCUT2D eigenvalue weighted by Gasteiger charge is -2.14. The van der Waals surface area contributed by atoms with Crippen LogP contribution >= 0.6 is 0 Å². The Bertz CT molecular complexity index is 878. The van der Waals surface area contributed by atoms with Crippen molar-refractivity contribution in [3.05, 3.63) is 101 Å². The Morgan fingerprint density at radius 2 is 1.19 bits per heavy atom. The van der Waals surface area contributed by atoms with Gasteiger partial charge in [0.05, 0.1) is 0 Å². The van der Waals surface area contributed by atoms with Crippen LogP contribution < -0.4 is 0 Å². The quantitative estimate of drug-likeness (QED) is 0.461. The van der Waals surface area contributed by atoms with Gasteiger partial charge in [0.2, 0.25) is 0 Å². The first kappa shape index (κ1) is 16.8. The molecule has 0 amide bonds. The van der Waals surface area contributed by atoms with Gasteiger partial charge in [0, 0.05) is 0 Å². The number of fused-ring (bicyclic) bond motifs is 2. The lowest BCUT2D eigenvalue weighted by atomic mass is 9.90. The second kappa shape index (κ2) is 6.96. The summed E-state index contributed by atoms with van der Waals surface area (Å²) in [5.74, 6) is 0. The van der Waals surface area contributed by atoms with Crippen molar-refractivity contribution in [1.82, 2.24) is 0 Å². The van der Waals surface area contributed by atoms with Gasteiger partial charge < -0.3 is 0 Å². The van der Waals surface area contributed by atoms with Crippen LogP contribution in [0.25, 0.3) is 17.2 Å². The first-order valence-corrected chi connectivity index (χ1v) is 9.52. The molecule has 0 atom stereocenters. The minimum atomic E-state index is 0.487. The highest BCUT2D eigenvalue weighted by atomic mass is 14.3. The average molecular weight is 338 g/mol. The molecular formula is C26H26. The standard InChI is InChI=1S/C14H16.C12H10/c1-14(2)8-12-6-10-4-3-5-11(10)7-13(12)9-14;1-3-7-11(8-4-1)12-9-5-2-6-10-12/h3-4,6-7H,5,8-9H2,1-2H3;1-10H. The third kappa shape index (κ3) is 3.65. The minimum Gasteiger partial charge on any atom is -0.0795 e. The van der Waals surface area contributed by atoms with Crippen LogP contribution in [0.5, 0.6) is 0 Å². The van der Waals surface area contributed by atoms with E-state index in [1.807, 2.05) is 12.1 Å². The van der Waals surface area contributed by atoms with E-state index in [1.54, 1.807) is 11.1 Å². The Kier molecular flexibility index (Phi) is 4.51. The van der Waals surface area contributed by atoms with Crippen molar-refractivity contribution in [1.29, 1.82) is 0 Å². The van der Waals surface area contributed by atoms with E-state index in [0.717, 1.165) is 6.42 Å². The Hall–Kier alpha value is -2.60. The van der Waals surface area contributed by atoms with Gasteiger partial charge in [-0.3, -0.25) is 0 Å². The van der Waals surface area contributed by atoms with E-state index >= 15 is 0 Å². The molecule has 0 heterocycles. The molecule has 0 unspecified atom stereocenters. The molecule has 0 saturated carbocycles. The van der Waals surface area contributed by atoms with Crippen LogP contribution in [0.15, 0.2) is 78.9 Å². The molecule has 0 spiro atoms. The van der Waals surface area contributed by atoms with Crippen LogP contribution in [0.2, 0.25) is 0 Å². The highest BCUT2D eigenvalue weighted by Crippen LogP contribution is 2.38. The van der Waals surface area contributed by atoms with E-state index in [9.17, 15) is 0 Å². The number of allylic oxidation sites excluding steroid dienone is 1. The van der Waals surface area contributed by atoms with Gasteiger partial charge in [-0.1, -0.05) is 98.8 Å². The molecule has 0 N–H and O–H groups in total. The second-order valence-corrected chi connectivity index (χ2v) is 8.18. The Morgan fingerprint density at radius 3 is 1.77 bits per heavy atom. The summed E-state index contributed by atoms with van der Waals surface area (Å²) >= 11 is 0. The summed E-state index contributed by atoms with van der Waals surface area (Å²) in [5.41, 5.74) is 9.21. The fourth-order valence-electron chi connectivity index (χ4n) is 4.09. The summed E-state index contributed by atoms with van der Waals surface area (Å²) in [7, 11) is 0. The molecule has 3 aromatic rings. The summed E-state index contributed by atoms with van der Waals surface area (Å²) in [5, 5.41) is 0. The second-order valence-electron chi connectivity index (χ2n) is 8.18. The van der Waals surface area contributed by atoms with Gasteiger partial charge in [-0.15, -0.1) is 0 Å². The van der Waals surface area contributed by atoms with Crippen LogP contribution in [-0.2, 0) is 19.3 Å². The summed E-state index contributed by atoms with van der Waals surface area (Å²) in [4.78, 5) is 0. The van der Waals surface area contributed by atoms with Crippen molar-refractivity contribution < 1.29 is 0 Å². The van der Waals surface area contributed by atoms with Crippen LogP contribution in [-0.4, -0.2) is 0 Å². The van der Waals surface area contributed by atoms with Crippen molar-refractivity contribution in [2.75, 3.05) is 0 Å². The van der Waals surface area contributed by atoms with Crippen molar-refractivity contribution in [3.63, 3.8) is 0 Å². The first-order valence-electron chi connectivity index (χ1n) is 9.52. The van der Waals surface area contributed by atoms with Crippen LogP contribution in [0, 0.1) is 5.41 Å². The lowest BCUT2D eigenvalue weighted by molar-refractivity contribution is 0.392. The van der Waals surface area contributed by atoms with Gasteiger partial charge in [0.25, 0.3) is 0 Å². The molecular weight excluding hydrogens is 312 g/mol. The van der Waals surface area contributed by atoms with Gasteiger partial charge in [0.1, 0.15) is 0 Å². The molecule has 0 aliphatic heterocycles. The summed E-state index contributed by atoms with van der Waals surface area (Å²) in [6, 6.07) is 25.6. The zero-order valence-electron chi connectivity index (χ0n) is 15.7. The minimum absolute atomic E-state index is 0.487. The molecule has 0 saturated heterocycles. The fourth-order valence-corrected chi connectivity index (χ4v) is 4.09. The molecule has 0 bridgehead atoms. The molecule has 0 radical (unpaired) electrons. The van der Waals surface area contributed by atoms with Crippen molar-refractivity contribution in [2.45, 2.75) is 33.1 Å². The molecule has 5 rings (SSSR count). The maximum absolute atomic E-state index is 2.43. The fraction of sp³-hybridized carbons (Fsp3) is 0.231. The maximum Gasteiger partial charge on any atom is -0.00881 e. The van der Waals surface area contributed by atoms with Gasteiger partial charge in [-0.2, -0.15) is 0 Å². The van der Waals surface area contributed by atoms with E-state index in [4.69, 9.17) is 0 Å². The molecule has 0 fully saturated rings. The number of benzene rings is 3. The lowest BCUT2D eigenvalue weighted by Crippen LogP contribution is -2.09. The van der Waals surface area contributed by atoms with E-state index in [0.29, 0.717) is 5.41 Å². The summed E-state index contributed by atoms with van der Waals surface area (Å²) in [6.07, 6.45) is 8.19. The number of hydrogen-bond donors (Lipinski definition) is 0. The van der Waals surface area contributed by atoms with E-state index in [2.05, 4.69) is 86.7 Å². The predicted octanol–water partition coefficient (Wildman–Crippen LogP) is 6.73. The molecule has 2 aliphatic carbocycles. The highest BCUT2D eigenvalue weighted by molar-refractivity contribution is 5.63. The number of rotatable bonds is 1. The van der Waals surface area contributed by atoms with Crippen LogP contribution in [0.3, 0.4) is 0 Å². The van der Waals surface area contributed by atoms with E-state index in [-0.39, 0.29) is 0 Å². The van der Waals surface area contributed by atoms with Gasteiger partial charge >= 0.3 is 0 Å². The van der Waals surface area contributed by atoms with E-state index < -0.39 is 0 Å². The Balaban J connectivity index is 0.000000131. The molecule has 26 heavy (non-hydrogen) atoms. The first-order chi connectivity index (χ1) is 12.6. The number of hydrogen-bond acceptors (Lipinski definition) is 0. The summed E-state index contributed by atoms with van der Waals surface area (Å²) in [6.45, 7) is 4.74. The van der Waals surface area contributed by atoms with Crippen molar-refractivity contribution in [3.8, 4) is 11.1 Å². The monoisotopic (exact) mass is 338 g/mol. The van der Waals surface area contributed by atoms with Crippen LogP contribution in [0.4, 0.5) is 0 Å². The van der Waals surface area contributed by atoms with Crippen LogP contribution in [0.1, 0.15) is 36.1 Å². The molecule has 0 aromatic heterocycles. The largest absolute Gasteiger partial charge is 0.0795 e. The molecule has 2 aliphatic rings. The Labute approximate surface area is 157 Å². The average Bonchev–Trinajstić information content (AvgIpc) is 3.22. The van der Waals surface area contributed by atoms with Gasteiger partial charge in [-0.05, 0) is 58.1 Å². The molecule has 0 heteroatoms. The predicted molar refractivity (Wildman–Crippen MR) is 112 cm³/mol. The molecule has 3 aromatic carbocycles. The van der Waals surface area contributed by atoms with Crippen molar-refractivity contribution >= 4 is 6.08 Å².